The van der Waals surface area contributed by atoms with Crippen LogP contribution in [0.25, 0.3) is 0 Å². The predicted octanol–water partition coefficient (Wildman–Crippen LogP) is 2.39. The second-order valence-corrected chi connectivity index (χ2v) is 7.77. The van der Waals surface area contributed by atoms with Crippen molar-refractivity contribution in [3.8, 4) is 0 Å². The summed E-state index contributed by atoms with van der Waals surface area (Å²) in [5, 5.41) is 0. The quantitative estimate of drug-likeness (QED) is 0.733. The maximum absolute atomic E-state index is 12.1. The lowest BCUT2D eigenvalue weighted by Crippen LogP contribution is -2.45. The van der Waals surface area contributed by atoms with Crippen LogP contribution < -0.4 is 0 Å². The molecule has 22 heavy (non-hydrogen) atoms. The summed E-state index contributed by atoms with van der Waals surface area (Å²) in [4.78, 5) is 17.1. The van der Waals surface area contributed by atoms with E-state index in [2.05, 4.69) is 23.9 Å². The number of fused-ring (bicyclic) bond motifs is 4. The second kappa shape index (κ2) is 5.68. The van der Waals surface area contributed by atoms with Gasteiger partial charge in [0.25, 0.3) is 0 Å². The molecule has 0 radical (unpaired) electrons. The summed E-state index contributed by atoms with van der Waals surface area (Å²) in [6, 6.07) is 2.37. The molecular formula is C17H28N2O3. The number of hydrogen-bond donors (Lipinski definition) is 0. The smallest absolute Gasteiger partial charge is 0.431 e. The molecular weight excluding hydrogens is 280 g/mol. The Morgan fingerprint density at radius 3 is 1.36 bits per heavy atom. The highest BCUT2D eigenvalue weighted by Crippen LogP contribution is 2.37. The van der Waals surface area contributed by atoms with Crippen molar-refractivity contribution in [2.75, 3.05) is 14.1 Å². The molecule has 5 heteroatoms. The van der Waals surface area contributed by atoms with Crippen LogP contribution in [0.2, 0.25) is 0 Å². The maximum atomic E-state index is 12.1. The fourth-order valence-corrected chi connectivity index (χ4v) is 5.22. The monoisotopic (exact) mass is 308 g/mol. The lowest BCUT2D eigenvalue weighted by Gasteiger charge is -2.37. The topological polar surface area (TPSA) is 42.0 Å². The van der Waals surface area contributed by atoms with Gasteiger partial charge in [-0.1, -0.05) is 0 Å². The van der Waals surface area contributed by atoms with E-state index in [0.29, 0.717) is 24.2 Å². The van der Waals surface area contributed by atoms with Gasteiger partial charge >= 0.3 is 6.16 Å². The Morgan fingerprint density at radius 1 is 0.727 bits per heavy atom. The number of nitrogens with zero attached hydrogens (tertiary/aromatic N) is 2. The number of carbonyl (C=O) groups is 1. The molecule has 5 nitrogen and oxygen atoms in total. The summed E-state index contributed by atoms with van der Waals surface area (Å²) in [6.45, 7) is 0. The van der Waals surface area contributed by atoms with E-state index < -0.39 is 6.16 Å². The van der Waals surface area contributed by atoms with Crippen LogP contribution in [0.4, 0.5) is 4.79 Å². The van der Waals surface area contributed by atoms with E-state index >= 15 is 0 Å². The van der Waals surface area contributed by atoms with E-state index in [0.717, 1.165) is 25.7 Å². The van der Waals surface area contributed by atoms with Crippen LogP contribution in [-0.2, 0) is 9.47 Å². The molecule has 0 aromatic heterocycles. The minimum atomic E-state index is -0.428. The van der Waals surface area contributed by atoms with Gasteiger partial charge in [-0.25, -0.2) is 4.79 Å². The molecule has 2 unspecified atom stereocenters. The van der Waals surface area contributed by atoms with Crippen LogP contribution in [-0.4, -0.2) is 66.4 Å². The van der Waals surface area contributed by atoms with Crippen LogP contribution in [0.1, 0.15) is 51.4 Å². The van der Waals surface area contributed by atoms with Crippen molar-refractivity contribution in [3.63, 3.8) is 0 Å². The molecule has 4 fully saturated rings. The molecule has 6 atom stereocenters. The minimum absolute atomic E-state index is 0.0594. The summed E-state index contributed by atoms with van der Waals surface area (Å²) in [5.41, 5.74) is 0. The molecule has 0 spiro atoms. The maximum Gasteiger partial charge on any atom is 0.508 e. The van der Waals surface area contributed by atoms with Crippen molar-refractivity contribution < 1.29 is 14.3 Å². The number of carbonyl (C=O) groups excluding carboxylic acids is 1. The van der Waals surface area contributed by atoms with E-state index in [4.69, 9.17) is 9.47 Å². The first kappa shape index (κ1) is 14.8. The Kier molecular flexibility index (Phi) is 3.81. The fourth-order valence-electron chi connectivity index (χ4n) is 5.22. The van der Waals surface area contributed by atoms with Crippen molar-refractivity contribution in [2.45, 2.75) is 87.7 Å². The molecule has 0 aliphatic carbocycles. The third-order valence-electron chi connectivity index (χ3n) is 6.64. The molecule has 4 rings (SSSR count). The molecule has 4 aliphatic rings. The SMILES string of the molecule is CN1[C@@H]2CC[C@H]1CC(OC(=O)OC1C[C@H]3CC[C@@H](C1)N3C)C2. The average molecular weight is 308 g/mol. The van der Waals surface area contributed by atoms with E-state index in [1.165, 1.54) is 25.7 Å². The van der Waals surface area contributed by atoms with Gasteiger partial charge < -0.3 is 19.3 Å². The molecule has 4 heterocycles. The van der Waals surface area contributed by atoms with Gasteiger partial charge in [-0.05, 0) is 39.8 Å². The summed E-state index contributed by atoms with van der Waals surface area (Å²) in [5.74, 6) is 0. The van der Waals surface area contributed by atoms with Gasteiger partial charge in [0.15, 0.2) is 0 Å². The molecule has 0 saturated carbocycles. The summed E-state index contributed by atoms with van der Waals surface area (Å²) in [6.07, 6.45) is 8.56. The van der Waals surface area contributed by atoms with Crippen LogP contribution >= 0.6 is 0 Å². The standard InChI is InChI=1S/C17H28N2O3/c1-18-11-3-4-12(18)8-15(7-11)21-17(20)22-16-9-13-5-6-14(10-16)19(13)2/h11-16H,3-10H2,1-2H3/t11-,12+,13-,14+,15?,16?. The Balaban J connectivity index is 1.27. The normalized spacial score (nSPS) is 45.0. The molecule has 4 aliphatic heterocycles. The van der Waals surface area contributed by atoms with Crippen molar-refractivity contribution in [1.82, 2.24) is 9.80 Å². The number of hydrogen-bond acceptors (Lipinski definition) is 5. The molecule has 0 amide bonds. The molecule has 0 aromatic carbocycles. The number of rotatable bonds is 2. The number of ether oxygens (including phenoxy) is 2. The highest BCUT2D eigenvalue weighted by molar-refractivity contribution is 5.60. The lowest BCUT2D eigenvalue weighted by atomic mass is 10.0. The van der Waals surface area contributed by atoms with Crippen LogP contribution in [0.3, 0.4) is 0 Å². The number of piperidine rings is 2. The first-order valence-corrected chi connectivity index (χ1v) is 8.91. The predicted molar refractivity (Wildman–Crippen MR) is 82.8 cm³/mol. The van der Waals surface area contributed by atoms with Gasteiger partial charge in [-0.3, -0.25) is 0 Å². The molecule has 4 bridgehead atoms. The first-order chi connectivity index (χ1) is 10.6. The average Bonchev–Trinajstić information content (AvgIpc) is 2.84. The van der Waals surface area contributed by atoms with Crippen molar-refractivity contribution in [2.24, 2.45) is 0 Å². The van der Waals surface area contributed by atoms with Crippen LogP contribution in [0, 0.1) is 0 Å². The van der Waals surface area contributed by atoms with Gasteiger partial charge in [-0.2, -0.15) is 0 Å². The van der Waals surface area contributed by atoms with Crippen molar-refractivity contribution in [1.29, 1.82) is 0 Å². The highest BCUT2D eigenvalue weighted by atomic mass is 16.7. The third-order valence-corrected chi connectivity index (χ3v) is 6.64. The third kappa shape index (κ3) is 2.62. The molecule has 0 aromatic rings. The highest BCUT2D eigenvalue weighted by Gasteiger charge is 2.42. The molecule has 4 saturated heterocycles. The van der Waals surface area contributed by atoms with Crippen LogP contribution in [0.5, 0.6) is 0 Å². The molecule has 0 N–H and O–H groups in total. The molecule has 124 valence electrons. The summed E-state index contributed by atoms with van der Waals surface area (Å²) < 4.78 is 11.3. The van der Waals surface area contributed by atoms with E-state index in [-0.39, 0.29) is 12.2 Å². The zero-order chi connectivity index (χ0) is 15.3. The first-order valence-electron chi connectivity index (χ1n) is 8.91. The zero-order valence-electron chi connectivity index (χ0n) is 13.7. The Labute approximate surface area is 132 Å². The second-order valence-electron chi connectivity index (χ2n) is 7.77. The Hall–Kier alpha value is -0.810. The summed E-state index contributed by atoms with van der Waals surface area (Å²) in [7, 11) is 4.40. The van der Waals surface area contributed by atoms with E-state index in [1.54, 1.807) is 0 Å². The van der Waals surface area contributed by atoms with Gasteiger partial charge in [0, 0.05) is 49.9 Å². The zero-order valence-corrected chi connectivity index (χ0v) is 13.7. The van der Waals surface area contributed by atoms with Gasteiger partial charge in [0.1, 0.15) is 12.2 Å². The van der Waals surface area contributed by atoms with Crippen LogP contribution in [0.15, 0.2) is 0 Å². The largest absolute Gasteiger partial charge is 0.508 e. The van der Waals surface area contributed by atoms with Gasteiger partial charge in [-0.15, -0.1) is 0 Å². The van der Waals surface area contributed by atoms with Gasteiger partial charge in [0.05, 0.1) is 0 Å². The van der Waals surface area contributed by atoms with E-state index in [9.17, 15) is 4.79 Å². The van der Waals surface area contributed by atoms with Crippen molar-refractivity contribution in [3.05, 3.63) is 0 Å². The van der Waals surface area contributed by atoms with Crippen molar-refractivity contribution >= 4 is 6.16 Å². The fraction of sp³-hybridized carbons (Fsp3) is 0.941. The Morgan fingerprint density at radius 2 is 1.05 bits per heavy atom. The minimum Gasteiger partial charge on any atom is -0.431 e. The van der Waals surface area contributed by atoms with E-state index in [1.807, 2.05) is 0 Å². The lowest BCUT2D eigenvalue weighted by molar-refractivity contribution is -0.0460. The Bertz CT molecular complexity index is 378. The summed E-state index contributed by atoms with van der Waals surface area (Å²) >= 11 is 0. The van der Waals surface area contributed by atoms with Gasteiger partial charge in [0.2, 0.25) is 0 Å².